The monoisotopic (exact) mass is 335 g/mol. The molecular formula is C17H25N3O2S. The van der Waals surface area contributed by atoms with E-state index in [1.165, 1.54) is 6.42 Å². The second-order valence-corrected chi connectivity index (χ2v) is 7.49. The van der Waals surface area contributed by atoms with Crippen molar-refractivity contribution in [2.45, 2.75) is 64.0 Å². The van der Waals surface area contributed by atoms with Crippen molar-refractivity contribution in [1.29, 1.82) is 0 Å². The fourth-order valence-corrected chi connectivity index (χ4v) is 3.71. The average molecular weight is 335 g/mol. The van der Waals surface area contributed by atoms with Crippen molar-refractivity contribution in [3.05, 3.63) is 16.6 Å². The standard InChI is InChI=1S/C17H25N3O2S/c21-16-6-4-2-1-3-5-10-19(16)13-17(22)20(14-7-8-14)12-15-18-9-11-23-15/h9,11,14H,1-8,10,12-13H2. The first-order chi connectivity index (χ1) is 11.2. The number of thiazole rings is 1. The zero-order valence-electron chi connectivity index (χ0n) is 13.6. The second-order valence-electron chi connectivity index (χ2n) is 6.51. The van der Waals surface area contributed by atoms with Crippen LogP contribution >= 0.6 is 11.3 Å². The summed E-state index contributed by atoms with van der Waals surface area (Å²) in [6, 6.07) is 0.346. The Morgan fingerprint density at radius 3 is 2.78 bits per heavy atom. The van der Waals surface area contributed by atoms with Crippen molar-refractivity contribution >= 4 is 23.2 Å². The summed E-state index contributed by atoms with van der Waals surface area (Å²) in [5, 5.41) is 2.91. The van der Waals surface area contributed by atoms with E-state index in [1.54, 1.807) is 22.4 Å². The molecule has 5 nitrogen and oxygen atoms in total. The largest absolute Gasteiger partial charge is 0.333 e. The summed E-state index contributed by atoms with van der Waals surface area (Å²) in [6.07, 6.45) is 9.96. The Labute approximate surface area is 141 Å². The van der Waals surface area contributed by atoms with E-state index >= 15 is 0 Å². The molecule has 1 aliphatic heterocycles. The number of aromatic nitrogens is 1. The van der Waals surface area contributed by atoms with Gasteiger partial charge in [0.05, 0.1) is 13.1 Å². The molecule has 1 aromatic rings. The van der Waals surface area contributed by atoms with E-state index in [9.17, 15) is 9.59 Å². The van der Waals surface area contributed by atoms with Crippen LogP contribution in [0.3, 0.4) is 0 Å². The van der Waals surface area contributed by atoms with Gasteiger partial charge in [0.15, 0.2) is 0 Å². The van der Waals surface area contributed by atoms with Crippen molar-refractivity contribution < 1.29 is 9.59 Å². The molecule has 0 aromatic carbocycles. The maximum atomic E-state index is 12.8. The molecule has 1 saturated carbocycles. The maximum Gasteiger partial charge on any atom is 0.242 e. The minimum atomic E-state index is 0.0790. The number of nitrogens with zero attached hydrogens (tertiary/aromatic N) is 3. The zero-order valence-corrected chi connectivity index (χ0v) is 14.4. The highest BCUT2D eigenvalue weighted by atomic mass is 32.1. The SMILES string of the molecule is O=C1CCCCCCCN1CC(=O)N(Cc1nccs1)C1CC1. The predicted molar refractivity (Wildman–Crippen MR) is 90.0 cm³/mol. The van der Waals surface area contributed by atoms with Crippen LogP contribution < -0.4 is 0 Å². The van der Waals surface area contributed by atoms with Crippen LogP contribution in [0.15, 0.2) is 11.6 Å². The van der Waals surface area contributed by atoms with Crippen LogP contribution in [-0.2, 0) is 16.1 Å². The van der Waals surface area contributed by atoms with Gasteiger partial charge >= 0.3 is 0 Å². The van der Waals surface area contributed by atoms with Gasteiger partial charge in [0.25, 0.3) is 0 Å². The molecule has 0 bridgehead atoms. The van der Waals surface area contributed by atoms with Crippen LogP contribution in [0.2, 0.25) is 0 Å². The molecule has 2 aliphatic rings. The number of amides is 2. The number of carbonyl (C=O) groups is 2. The summed E-state index contributed by atoms with van der Waals surface area (Å²) < 4.78 is 0. The van der Waals surface area contributed by atoms with Crippen molar-refractivity contribution in [2.75, 3.05) is 13.1 Å². The summed E-state index contributed by atoms with van der Waals surface area (Å²) >= 11 is 1.58. The average Bonchev–Trinajstić information content (AvgIpc) is 3.23. The molecular weight excluding hydrogens is 310 g/mol. The summed E-state index contributed by atoms with van der Waals surface area (Å²) in [7, 11) is 0. The van der Waals surface area contributed by atoms with Crippen molar-refractivity contribution in [3.63, 3.8) is 0 Å². The molecule has 2 heterocycles. The lowest BCUT2D eigenvalue weighted by molar-refractivity contribution is -0.141. The van der Waals surface area contributed by atoms with Crippen molar-refractivity contribution in [3.8, 4) is 0 Å². The molecule has 0 radical (unpaired) electrons. The summed E-state index contributed by atoms with van der Waals surface area (Å²) in [5.74, 6) is 0.223. The third kappa shape index (κ3) is 4.77. The first kappa shape index (κ1) is 16.4. The van der Waals surface area contributed by atoms with Gasteiger partial charge in [-0.05, 0) is 25.7 Å². The molecule has 6 heteroatoms. The molecule has 2 amide bonds. The third-order valence-electron chi connectivity index (χ3n) is 4.59. The number of hydrogen-bond donors (Lipinski definition) is 0. The van der Waals surface area contributed by atoms with Gasteiger partial charge in [-0.1, -0.05) is 19.3 Å². The Hall–Kier alpha value is -1.43. The van der Waals surface area contributed by atoms with Crippen molar-refractivity contribution in [1.82, 2.24) is 14.8 Å². The Kier molecular flexibility index (Phi) is 5.65. The molecule has 1 saturated heterocycles. The van der Waals surface area contributed by atoms with E-state index in [-0.39, 0.29) is 18.4 Å². The molecule has 1 aromatic heterocycles. The van der Waals surface area contributed by atoms with Gasteiger partial charge in [-0.25, -0.2) is 4.98 Å². The lowest BCUT2D eigenvalue weighted by Crippen LogP contribution is -2.43. The second kappa shape index (κ2) is 7.90. The highest BCUT2D eigenvalue weighted by Gasteiger charge is 2.34. The molecule has 0 N–H and O–H groups in total. The van der Waals surface area contributed by atoms with E-state index in [0.29, 0.717) is 19.0 Å². The first-order valence-corrected chi connectivity index (χ1v) is 9.57. The van der Waals surface area contributed by atoms with Crippen LogP contribution in [0, 0.1) is 0 Å². The maximum absolute atomic E-state index is 12.8. The zero-order chi connectivity index (χ0) is 16.1. The van der Waals surface area contributed by atoms with E-state index in [4.69, 9.17) is 0 Å². The fraction of sp³-hybridized carbons (Fsp3) is 0.706. The molecule has 0 atom stereocenters. The van der Waals surface area contributed by atoms with Gasteiger partial charge in [-0.2, -0.15) is 0 Å². The molecule has 0 unspecified atom stereocenters. The number of carbonyl (C=O) groups excluding carboxylic acids is 2. The highest BCUT2D eigenvalue weighted by Crippen LogP contribution is 2.29. The predicted octanol–water partition coefficient (Wildman–Crippen LogP) is 2.82. The smallest absolute Gasteiger partial charge is 0.242 e. The van der Waals surface area contributed by atoms with E-state index in [0.717, 1.165) is 50.1 Å². The van der Waals surface area contributed by atoms with Crippen LogP contribution in [-0.4, -0.2) is 45.7 Å². The minimum absolute atomic E-state index is 0.0790. The topological polar surface area (TPSA) is 53.5 Å². The number of hydrogen-bond acceptors (Lipinski definition) is 4. The number of rotatable bonds is 5. The normalized spacial score (nSPS) is 19.8. The van der Waals surface area contributed by atoms with E-state index in [2.05, 4.69) is 4.98 Å². The van der Waals surface area contributed by atoms with Gasteiger partial charge in [0.1, 0.15) is 5.01 Å². The van der Waals surface area contributed by atoms with E-state index < -0.39 is 0 Å². The van der Waals surface area contributed by atoms with Gasteiger partial charge < -0.3 is 9.80 Å². The molecule has 3 rings (SSSR count). The van der Waals surface area contributed by atoms with Crippen molar-refractivity contribution in [2.24, 2.45) is 0 Å². The third-order valence-corrected chi connectivity index (χ3v) is 5.36. The summed E-state index contributed by atoms with van der Waals surface area (Å²) in [6.45, 7) is 1.55. The van der Waals surface area contributed by atoms with Crippen LogP contribution in [0.1, 0.15) is 56.4 Å². The fourth-order valence-electron chi connectivity index (χ4n) is 3.10. The highest BCUT2D eigenvalue weighted by molar-refractivity contribution is 7.09. The Balaban J connectivity index is 1.61. The Morgan fingerprint density at radius 1 is 1.26 bits per heavy atom. The minimum Gasteiger partial charge on any atom is -0.333 e. The molecule has 2 fully saturated rings. The molecule has 126 valence electrons. The van der Waals surface area contributed by atoms with Crippen LogP contribution in [0.5, 0.6) is 0 Å². The van der Waals surface area contributed by atoms with Gasteiger partial charge in [-0.3, -0.25) is 9.59 Å². The van der Waals surface area contributed by atoms with Crippen LogP contribution in [0.25, 0.3) is 0 Å². The lowest BCUT2D eigenvalue weighted by atomic mass is 10.1. The Morgan fingerprint density at radius 2 is 2.04 bits per heavy atom. The molecule has 1 aliphatic carbocycles. The van der Waals surface area contributed by atoms with Gasteiger partial charge in [0.2, 0.25) is 11.8 Å². The summed E-state index contributed by atoms with van der Waals surface area (Å²) in [5.41, 5.74) is 0. The van der Waals surface area contributed by atoms with E-state index in [1.807, 2.05) is 10.3 Å². The first-order valence-electron chi connectivity index (χ1n) is 8.69. The Bertz CT molecular complexity index is 528. The van der Waals surface area contributed by atoms with Gasteiger partial charge in [0, 0.05) is 30.6 Å². The van der Waals surface area contributed by atoms with Crippen LogP contribution in [0.4, 0.5) is 0 Å². The quantitative estimate of drug-likeness (QED) is 0.831. The lowest BCUT2D eigenvalue weighted by Gasteiger charge is -2.27. The molecule has 0 spiro atoms. The molecule has 23 heavy (non-hydrogen) atoms. The van der Waals surface area contributed by atoms with Gasteiger partial charge in [-0.15, -0.1) is 11.3 Å². The summed E-state index contributed by atoms with van der Waals surface area (Å²) in [4.78, 5) is 33.1.